The van der Waals surface area contributed by atoms with Gasteiger partial charge in [0, 0.05) is 25.0 Å². The van der Waals surface area contributed by atoms with Crippen LogP contribution in [0.5, 0.6) is 0 Å². The molecule has 0 spiro atoms. The van der Waals surface area contributed by atoms with Crippen LogP contribution in [0.1, 0.15) is 19.8 Å². The number of likely N-dealkylation sites (tertiary alicyclic amines) is 1. The van der Waals surface area contributed by atoms with Gasteiger partial charge in [-0.25, -0.2) is 0 Å². The second-order valence-electron chi connectivity index (χ2n) is 9.21. The molecule has 0 aromatic rings. The van der Waals surface area contributed by atoms with E-state index in [1.807, 2.05) is 0 Å². The van der Waals surface area contributed by atoms with Gasteiger partial charge in [0.1, 0.15) is 12.2 Å². The Hall–Kier alpha value is -2.83. The number of hydrogen-bond donors (Lipinski definition) is 2. The van der Waals surface area contributed by atoms with Gasteiger partial charge in [-0.3, -0.25) is 33.8 Å². The summed E-state index contributed by atoms with van der Waals surface area (Å²) in [4.78, 5) is 62.8. The maximum absolute atomic E-state index is 12.8. The number of carbonyl (C=O) groups excluding carboxylic acids is 5. The van der Waals surface area contributed by atoms with Gasteiger partial charge in [0.05, 0.1) is 99.1 Å². The van der Waals surface area contributed by atoms with E-state index >= 15 is 0 Å². The number of ether oxygens (including phenoxy) is 7. The van der Waals surface area contributed by atoms with E-state index in [4.69, 9.17) is 38.3 Å². The zero-order chi connectivity index (χ0) is 31.3. The molecule has 0 radical (unpaired) electrons. The second kappa shape index (κ2) is 21.8. The first kappa shape index (κ1) is 36.4. The van der Waals surface area contributed by atoms with Crippen molar-refractivity contribution in [2.75, 3.05) is 99.1 Å². The van der Waals surface area contributed by atoms with Crippen LogP contribution in [0.3, 0.4) is 0 Å². The van der Waals surface area contributed by atoms with E-state index < -0.39 is 41.7 Å². The third-order valence-electron chi connectivity index (χ3n) is 6.06. The number of hydrogen-bond acceptors (Lipinski definition) is 13. The largest absolute Gasteiger partial charge is 0.394 e. The molecule has 0 aromatic carbocycles. The quantitative estimate of drug-likeness (QED) is 0.0802. The summed E-state index contributed by atoms with van der Waals surface area (Å²) in [6.07, 6.45) is 1.09. The molecule has 1 fully saturated rings. The van der Waals surface area contributed by atoms with Crippen LogP contribution in [0.2, 0.25) is 0 Å². The Bertz CT molecular complexity index is 883. The van der Waals surface area contributed by atoms with Crippen LogP contribution < -0.4 is 5.32 Å². The third kappa shape index (κ3) is 14.0. The SMILES string of the molecule is CC(C(=O)NC(COCCOCCOCCOCCOCCOCCOCCO)N1C(=O)CCC1=O)N1C(=O)C=CC1=O. The molecule has 2 rings (SSSR count). The minimum atomic E-state index is -1.15. The summed E-state index contributed by atoms with van der Waals surface area (Å²) in [5.74, 6) is -2.85. The number of nitrogens with zero attached hydrogens (tertiary/aromatic N) is 2. The van der Waals surface area contributed by atoms with E-state index in [1.165, 1.54) is 6.92 Å². The van der Waals surface area contributed by atoms with Gasteiger partial charge in [-0.15, -0.1) is 0 Å². The summed E-state index contributed by atoms with van der Waals surface area (Å²) < 4.78 is 37.6. The lowest BCUT2D eigenvalue weighted by atomic mass is 10.2. The molecule has 2 aliphatic heterocycles. The molecule has 5 amide bonds. The number of imide groups is 2. The van der Waals surface area contributed by atoms with Crippen LogP contribution in [-0.2, 0) is 57.1 Å². The van der Waals surface area contributed by atoms with Crippen molar-refractivity contribution in [2.24, 2.45) is 0 Å². The normalized spacial score (nSPS) is 16.5. The van der Waals surface area contributed by atoms with Crippen molar-refractivity contribution in [3.8, 4) is 0 Å². The summed E-state index contributed by atoms with van der Waals surface area (Å²) in [6.45, 7) is 5.91. The minimum absolute atomic E-state index is 0.00427. The zero-order valence-corrected chi connectivity index (χ0v) is 24.6. The third-order valence-corrected chi connectivity index (χ3v) is 6.06. The zero-order valence-electron chi connectivity index (χ0n) is 24.6. The van der Waals surface area contributed by atoms with E-state index in [0.29, 0.717) is 72.7 Å². The fourth-order valence-electron chi connectivity index (χ4n) is 3.90. The van der Waals surface area contributed by atoms with E-state index in [-0.39, 0.29) is 39.3 Å². The van der Waals surface area contributed by atoms with Crippen molar-refractivity contribution < 1.29 is 62.2 Å². The molecule has 244 valence electrons. The molecule has 2 aliphatic rings. The Labute approximate surface area is 250 Å². The molecule has 43 heavy (non-hydrogen) atoms. The van der Waals surface area contributed by atoms with Gasteiger partial charge in [-0.1, -0.05) is 0 Å². The van der Waals surface area contributed by atoms with Crippen molar-refractivity contribution in [3.63, 3.8) is 0 Å². The van der Waals surface area contributed by atoms with Crippen LogP contribution in [0.25, 0.3) is 0 Å². The fourth-order valence-corrected chi connectivity index (χ4v) is 3.90. The molecule has 2 heterocycles. The van der Waals surface area contributed by atoms with Gasteiger partial charge < -0.3 is 43.6 Å². The summed E-state index contributed by atoms with van der Waals surface area (Å²) in [7, 11) is 0. The molecular formula is C27H43N3O13. The maximum atomic E-state index is 12.8. The molecule has 0 aromatic heterocycles. The maximum Gasteiger partial charge on any atom is 0.254 e. The van der Waals surface area contributed by atoms with E-state index in [9.17, 15) is 24.0 Å². The lowest BCUT2D eigenvalue weighted by Gasteiger charge is -2.29. The number of amides is 5. The summed E-state index contributed by atoms with van der Waals surface area (Å²) in [5, 5.41) is 11.1. The van der Waals surface area contributed by atoms with E-state index in [2.05, 4.69) is 5.32 Å². The smallest absolute Gasteiger partial charge is 0.254 e. The molecule has 0 saturated carbocycles. The number of carbonyl (C=O) groups is 5. The van der Waals surface area contributed by atoms with Crippen LogP contribution in [0.4, 0.5) is 0 Å². The number of rotatable bonds is 26. The van der Waals surface area contributed by atoms with Crippen LogP contribution in [0.15, 0.2) is 12.2 Å². The molecule has 1 saturated heterocycles. The molecule has 2 atom stereocenters. The molecule has 16 nitrogen and oxygen atoms in total. The molecule has 2 unspecified atom stereocenters. The summed E-state index contributed by atoms with van der Waals surface area (Å²) in [6, 6.07) is -1.15. The van der Waals surface area contributed by atoms with Gasteiger partial charge in [0.25, 0.3) is 11.8 Å². The monoisotopic (exact) mass is 617 g/mol. The van der Waals surface area contributed by atoms with Crippen molar-refractivity contribution >= 4 is 29.5 Å². The standard InChI is InChI=1S/C27H43N3O13/c1-21(29-23(32)2-3-24(29)33)27(36)28-22(30-25(34)4-5-26(30)35)20-43-19-18-42-17-16-41-15-14-40-13-12-39-11-10-38-9-8-37-7-6-31/h2-3,21-22,31H,4-20H2,1H3,(H,28,36). The molecular weight excluding hydrogens is 574 g/mol. The molecule has 0 bridgehead atoms. The van der Waals surface area contributed by atoms with Gasteiger partial charge >= 0.3 is 0 Å². The molecule has 0 aliphatic carbocycles. The number of aliphatic hydroxyl groups excluding tert-OH is 1. The predicted molar refractivity (Wildman–Crippen MR) is 146 cm³/mol. The van der Waals surface area contributed by atoms with Crippen LogP contribution in [-0.4, -0.2) is 156 Å². The van der Waals surface area contributed by atoms with Crippen LogP contribution in [0, 0.1) is 0 Å². The van der Waals surface area contributed by atoms with E-state index in [1.54, 1.807) is 0 Å². The van der Waals surface area contributed by atoms with Crippen molar-refractivity contribution in [2.45, 2.75) is 32.0 Å². The Morgan fingerprint density at radius 3 is 1.44 bits per heavy atom. The molecule has 2 N–H and O–H groups in total. The van der Waals surface area contributed by atoms with Crippen molar-refractivity contribution in [1.29, 1.82) is 0 Å². The Balaban J connectivity index is 1.50. The van der Waals surface area contributed by atoms with E-state index in [0.717, 1.165) is 22.0 Å². The highest BCUT2D eigenvalue weighted by Gasteiger charge is 2.38. The predicted octanol–water partition coefficient (Wildman–Crippen LogP) is -2.00. The first-order valence-corrected chi connectivity index (χ1v) is 14.2. The highest BCUT2D eigenvalue weighted by Crippen LogP contribution is 2.16. The summed E-state index contributed by atoms with van der Waals surface area (Å²) >= 11 is 0. The Morgan fingerprint density at radius 2 is 1.05 bits per heavy atom. The lowest BCUT2D eigenvalue weighted by molar-refractivity contribution is -0.149. The van der Waals surface area contributed by atoms with Gasteiger partial charge in [0.15, 0.2) is 0 Å². The first-order valence-electron chi connectivity index (χ1n) is 14.2. The average Bonchev–Trinajstić information content (AvgIpc) is 3.51. The average molecular weight is 618 g/mol. The molecule has 16 heteroatoms. The number of aliphatic hydroxyl groups is 1. The van der Waals surface area contributed by atoms with Crippen molar-refractivity contribution in [1.82, 2.24) is 15.1 Å². The first-order chi connectivity index (χ1) is 20.9. The Kier molecular flexibility index (Phi) is 18.4. The summed E-state index contributed by atoms with van der Waals surface area (Å²) in [5.41, 5.74) is 0. The minimum Gasteiger partial charge on any atom is -0.394 e. The lowest BCUT2D eigenvalue weighted by Crippen LogP contribution is -2.57. The highest BCUT2D eigenvalue weighted by atomic mass is 16.6. The van der Waals surface area contributed by atoms with Gasteiger partial charge in [-0.05, 0) is 6.92 Å². The topological polar surface area (TPSA) is 189 Å². The van der Waals surface area contributed by atoms with Gasteiger partial charge in [0.2, 0.25) is 17.7 Å². The fraction of sp³-hybridized carbons (Fsp3) is 0.741. The second-order valence-corrected chi connectivity index (χ2v) is 9.21. The highest BCUT2D eigenvalue weighted by molar-refractivity contribution is 6.15. The number of nitrogens with one attached hydrogen (secondary N) is 1. The van der Waals surface area contributed by atoms with Crippen LogP contribution >= 0.6 is 0 Å². The van der Waals surface area contributed by atoms with Gasteiger partial charge in [-0.2, -0.15) is 0 Å². The van der Waals surface area contributed by atoms with Crippen molar-refractivity contribution in [3.05, 3.63) is 12.2 Å². The Morgan fingerprint density at radius 1 is 0.674 bits per heavy atom.